The summed E-state index contributed by atoms with van der Waals surface area (Å²) in [5, 5.41) is 7.98. The largest absolute Gasteiger partial charge is 0.497 e. The van der Waals surface area contributed by atoms with E-state index in [0.717, 1.165) is 58.8 Å². The summed E-state index contributed by atoms with van der Waals surface area (Å²) in [5.41, 5.74) is 5.65. The second kappa shape index (κ2) is 12.4. The number of thioether (sulfide) groups is 1. The van der Waals surface area contributed by atoms with Crippen LogP contribution in [0.1, 0.15) is 34.8 Å². The van der Waals surface area contributed by atoms with Gasteiger partial charge in [0.25, 0.3) is 0 Å². The van der Waals surface area contributed by atoms with Crippen molar-refractivity contribution < 1.29 is 19.1 Å². The summed E-state index contributed by atoms with van der Waals surface area (Å²) < 4.78 is 12.9. The van der Waals surface area contributed by atoms with E-state index in [9.17, 15) is 9.59 Å². The lowest BCUT2D eigenvalue weighted by atomic mass is 9.97. The molecule has 8 nitrogen and oxygen atoms in total. The van der Waals surface area contributed by atoms with E-state index in [4.69, 9.17) is 14.6 Å². The van der Waals surface area contributed by atoms with Gasteiger partial charge >= 0.3 is 0 Å². The number of aromatic nitrogens is 2. The number of hydrogen-bond acceptors (Lipinski definition) is 6. The molecule has 2 aliphatic heterocycles. The maximum Gasteiger partial charge on any atom is 0.240 e. The van der Waals surface area contributed by atoms with Gasteiger partial charge in [-0.3, -0.25) is 14.5 Å². The van der Waals surface area contributed by atoms with Crippen molar-refractivity contribution >= 4 is 29.4 Å². The number of aryl methyl sites for hydroxylation is 1. The summed E-state index contributed by atoms with van der Waals surface area (Å²) in [4.78, 5) is 28.8. The molecule has 0 radical (unpaired) electrons. The maximum atomic E-state index is 13.9. The summed E-state index contributed by atoms with van der Waals surface area (Å²) in [7, 11) is 1.63. The second-order valence-electron chi connectivity index (χ2n) is 10.5. The van der Waals surface area contributed by atoms with Gasteiger partial charge in [-0.2, -0.15) is 5.10 Å². The second-order valence-corrected chi connectivity index (χ2v) is 11.6. The average Bonchev–Trinajstić information content (AvgIpc) is 3.66. The van der Waals surface area contributed by atoms with E-state index in [1.54, 1.807) is 28.5 Å². The molecule has 42 heavy (non-hydrogen) atoms. The minimum atomic E-state index is -0.229. The third kappa shape index (κ3) is 5.67. The SMILES string of the molecule is COc1ccc(-n2nc(-c3ccccc3)c3c2N(CC(=O)NC[C@H]2CCCO2)C(=O)CS[C@H]3c2ccccc2C)cc1. The van der Waals surface area contributed by atoms with E-state index in [1.807, 2.05) is 66.7 Å². The molecule has 0 bridgehead atoms. The first-order valence-electron chi connectivity index (χ1n) is 14.2. The molecule has 2 aliphatic rings. The van der Waals surface area contributed by atoms with E-state index < -0.39 is 0 Å². The van der Waals surface area contributed by atoms with Gasteiger partial charge < -0.3 is 14.8 Å². The summed E-state index contributed by atoms with van der Waals surface area (Å²) in [6.07, 6.45) is 1.93. The smallest absolute Gasteiger partial charge is 0.240 e. The molecule has 1 saturated heterocycles. The number of anilines is 1. The standard InChI is InChI=1S/C33H34N4O4S/c1-22-9-6-7-13-27(22)32-30-31(23-10-4-3-5-11-23)35-37(24-14-16-25(40-2)17-15-24)33(30)36(29(39)21-42-32)20-28(38)34-19-26-12-8-18-41-26/h3-7,9-11,13-17,26,32H,8,12,18-21H2,1-2H3,(H,34,38)/t26-,32+/m1/s1. The highest BCUT2D eigenvalue weighted by atomic mass is 32.2. The van der Waals surface area contributed by atoms with E-state index >= 15 is 0 Å². The molecule has 1 fully saturated rings. The molecule has 2 amide bonds. The van der Waals surface area contributed by atoms with Crippen LogP contribution in [-0.4, -0.2) is 60.3 Å². The Labute approximate surface area is 250 Å². The van der Waals surface area contributed by atoms with Crippen LogP contribution >= 0.6 is 11.8 Å². The molecular weight excluding hydrogens is 548 g/mol. The van der Waals surface area contributed by atoms with Crippen molar-refractivity contribution in [1.82, 2.24) is 15.1 Å². The molecule has 0 spiro atoms. The molecular formula is C33H34N4O4S. The molecule has 0 unspecified atom stereocenters. The fourth-order valence-electron chi connectivity index (χ4n) is 5.59. The van der Waals surface area contributed by atoms with Crippen molar-refractivity contribution in [2.45, 2.75) is 31.1 Å². The fourth-order valence-corrected chi connectivity index (χ4v) is 6.88. The number of carbonyl (C=O) groups is 2. The monoisotopic (exact) mass is 582 g/mol. The summed E-state index contributed by atoms with van der Waals surface area (Å²) in [6.45, 7) is 3.13. The van der Waals surface area contributed by atoms with Crippen molar-refractivity contribution in [1.29, 1.82) is 0 Å². The Kier molecular flexibility index (Phi) is 8.30. The summed E-state index contributed by atoms with van der Waals surface area (Å²) >= 11 is 1.57. The third-order valence-corrected chi connectivity index (χ3v) is 9.01. The van der Waals surface area contributed by atoms with Gasteiger partial charge in [0, 0.05) is 24.3 Å². The Balaban J connectivity index is 1.52. The van der Waals surface area contributed by atoms with Crippen molar-refractivity contribution in [3.63, 3.8) is 0 Å². The Morgan fingerprint density at radius 2 is 1.83 bits per heavy atom. The molecule has 216 valence electrons. The number of methoxy groups -OCH3 is 1. The molecule has 1 N–H and O–H groups in total. The molecule has 4 aromatic rings. The molecule has 1 aromatic heterocycles. The van der Waals surface area contributed by atoms with E-state index in [-0.39, 0.29) is 35.5 Å². The Morgan fingerprint density at radius 1 is 1.07 bits per heavy atom. The minimum Gasteiger partial charge on any atom is -0.497 e. The number of nitrogens with one attached hydrogen (secondary N) is 1. The number of nitrogens with zero attached hydrogens (tertiary/aromatic N) is 3. The topological polar surface area (TPSA) is 85.7 Å². The van der Waals surface area contributed by atoms with Crippen molar-refractivity contribution in [2.24, 2.45) is 0 Å². The van der Waals surface area contributed by atoms with Gasteiger partial charge in [-0.15, -0.1) is 11.8 Å². The molecule has 3 heterocycles. The van der Waals surface area contributed by atoms with E-state index in [0.29, 0.717) is 12.4 Å². The zero-order valence-corrected chi connectivity index (χ0v) is 24.6. The van der Waals surface area contributed by atoms with Crippen LogP contribution < -0.4 is 15.0 Å². The molecule has 0 saturated carbocycles. The number of rotatable bonds is 8. The van der Waals surface area contributed by atoms with Crippen LogP contribution in [0.4, 0.5) is 5.82 Å². The first-order chi connectivity index (χ1) is 20.5. The summed E-state index contributed by atoms with van der Waals surface area (Å²) in [5.74, 6) is 1.18. The van der Waals surface area contributed by atoms with Gasteiger partial charge in [0.15, 0.2) is 0 Å². The predicted molar refractivity (Wildman–Crippen MR) is 165 cm³/mol. The van der Waals surface area contributed by atoms with Crippen LogP contribution in [0.25, 0.3) is 16.9 Å². The molecule has 9 heteroatoms. The molecule has 2 atom stereocenters. The van der Waals surface area contributed by atoms with Gasteiger partial charge in [-0.25, -0.2) is 4.68 Å². The minimum absolute atomic E-state index is 0.0137. The number of carbonyl (C=O) groups excluding carboxylic acids is 2. The Bertz CT molecular complexity index is 1560. The van der Waals surface area contributed by atoms with Crippen molar-refractivity contribution in [2.75, 3.05) is 37.5 Å². The van der Waals surface area contributed by atoms with Crippen LogP contribution in [0.3, 0.4) is 0 Å². The van der Waals surface area contributed by atoms with Crippen molar-refractivity contribution in [3.05, 3.63) is 95.6 Å². The fraction of sp³-hybridized carbons (Fsp3) is 0.303. The van der Waals surface area contributed by atoms with Gasteiger partial charge in [-0.05, 0) is 55.2 Å². The van der Waals surface area contributed by atoms with Crippen LogP contribution in [0.15, 0.2) is 78.9 Å². The maximum absolute atomic E-state index is 13.9. The number of ether oxygens (including phenoxy) is 2. The van der Waals surface area contributed by atoms with Crippen LogP contribution in [-0.2, 0) is 14.3 Å². The lowest BCUT2D eigenvalue weighted by Gasteiger charge is -2.24. The first-order valence-corrected chi connectivity index (χ1v) is 15.3. The molecule has 3 aromatic carbocycles. The van der Waals surface area contributed by atoms with Crippen LogP contribution in [0.2, 0.25) is 0 Å². The summed E-state index contributed by atoms with van der Waals surface area (Å²) in [6, 6.07) is 25.9. The van der Waals surface area contributed by atoms with Crippen molar-refractivity contribution in [3.8, 4) is 22.7 Å². The quantitative estimate of drug-likeness (QED) is 0.303. The number of benzene rings is 3. The highest BCUT2D eigenvalue weighted by Gasteiger charge is 2.38. The zero-order chi connectivity index (χ0) is 29.1. The normalized spacial score (nSPS) is 18.4. The highest BCUT2D eigenvalue weighted by Crippen LogP contribution is 2.49. The Hall–Kier alpha value is -4.08. The van der Waals surface area contributed by atoms with Crippen LogP contribution in [0.5, 0.6) is 5.75 Å². The van der Waals surface area contributed by atoms with Gasteiger partial charge in [0.05, 0.1) is 35.6 Å². The van der Waals surface area contributed by atoms with Gasteiger partial charge in [0.1, 0.15) is 18.1 Å². The number of amides is 2. The average molecular weight is 583 g/mol. The lowest BCUT2D eigenvalue weighted by Crippen LogP contribution is -2.44. The zero-order valence-electron chi connectivity index (χ0n) is 23.8. The molecule has 0 aliphatic carbocycles. The van der Waals surface area contributed by atoms with Gasteiger partial charge in [-0.1, -0.05) is 54.6 Å². The Morgan fingerprint density at radius 3 is 2.55 bits per heavy atom. The predicted octanol–water partition coefficient (Wildman–Crippen LogP) is 5.32. The van der Waals surface area contributed by atoms with Gasteiger partial charge in [0.2, 0.25) is 11.8 Å². The number of fused-ring (bicyclic) bond motifs is 1. The lowest BCUT2D eigenvalue weighted by molar-refractivity contribution is -0.123. The number of hydrogen-bond donors (Lipinski definition) is 1. The van der Waals surface area contributed by atoms with E-state index in [2.05, 4.69) is 24.4 Å². The van der Waals surface area contributed by atoms with Crippen LogP contribution in [0, 0.1) is 6.92 Å². The first kappa shape index (κ1) is 28.1. The molecule has 6 rings (SSSR count). The van der Waals surface area contributed by atoms with E-state index in [1.165, 1.54) is 0 Å². The third-order valence-electron chi connectivity index (χ3n) is 7.78. The highest BCUT2D eigenvalue weighted by molar-refractivity contribution is 8.00.